The highest BCUT2D eigenvalue weighted by molar-refractivity contribution is 5.86. The summed E-state index contributed by atoms with van der Waals surface area (Å²) in [5, 5.41) is 0. The molecule has 1 unspecified atom stereocenters. The van der Waals surface area contributed by atoms with Crippen molar-refractivity contribution < 1.29 is 4.79 Å². The Balaban J connectivity index is 4.16. The minimum absolute atomic E-state index is 0.209. The second-order valence-electron chi connectivity index (χ2n) is 5.97. The molecule has 2 atom stereocenters. The Hall–Kier alpha value is -0.370. The van der Waals surface area contributed by atoms with E-state index in [1.165, 1.54) is 25.7 Å². The molecule has 0 aliphatic rings. The molecule has 0 aromatic rings. The molecule has 0 rings (SSSR count). The lowest BCUT2D eigenvalue weighted by Gasteiger charge is -2.20. The van der Waals surface area contributed by atoms with Gasteiger partial charge in [0.1, 0.15) is 0 Å². The molecule has 0 saturated carbocycles. The van der Waals surface area contributed by atoms with Gasteiger partial charge in [0.05, 0.1) is 6.04 Å². The van der Waals surface area contributed by atoms with Gasteiger partial charge in [0.2, 0.25) is 0 Å². The number of nitrogens with two attached hydrogens (primary N) is 1. The van der Waals surface area contributed by atoms with Crippen molar-refractivity contribution in [2.75, 3.05) is 0 Å². The van der Waals surface area contributed by atoms with Gasteiger partial charge in [0, 0.05) is 5.92 Å². The number of hydrogen-bond acceptors (Lipinski definition) is 2. The van der Waals surface area contributed by atoms with Crippen molar-refractivity contribution in [1.82, 2.24) is 0 Å². The summed E-state index contributed by atoms with van der Waals surface area (Å²) in [5.74, 6) is 1.02. The van der Waals surface area contributed by atoms with Gasteiger partial charge in [0.25, 0.3) is 0 Å². The molecule has 0 aliphatic carbocycles. The molecule has 0 aromatic heterocycles. The first kappa shape index (κ1) is 17.6. The molecule has 0 aliphatic heterocycles. The molecular formula is C16H33NO. The van der Waals surface area contributed by atoms with Gasteiger partial charge in [0.15, 0.2) is 5.78 Å². The number of unbranched alkanes of at least 4 members (excludes halogenated alkanes) is 3. The van der Waals surface area contributed by atoms with E-state index < -0.39 is 0 Å². The van der Waals surface area contributed by atoms with E-state index in [1.54, 1.807) is 0 Å². The molecule has 0 spiro atoms. The fourth-order valence-electron chi connectivity index (χ4n) is 2.52. The SMILES string of the molecule is CCCCCCC(CCC)C(=O)[C@@H](N)CC(C)C. The largest absolute Gasteiger partial charge is 0.321 e. The normalized spacial score (nSPS) is 14.8. The Morgan fingerprint density at radius 1 is 1.00 bits per heavy atom. The van der Waals surface area contributed by atoms with Crippen molar-refractivity contribution >= 4 is 5.78 Å². The van der Waals surface area contributed by atoms with E-state index in [1.807, 2.05) is 0 Å². The summed E-state index contributed by atoms with van der Waals surface area (Å²) in [6, 6.07) is -0.243. The number of hydrogen-bond donors (Lipinski definition) is 1. The van der Waals surface area contributed by atoms with Gasteiger partial charge in [-0.3, -0.25) is 4.79 Å². The maximum atomic E-state index is 12.3. The predicted octanol–water partition coefficient (Wildman–Crippen LogP) is 4.32. The Labute approximate surface area is 114 Å². The fraction of sp³-hybridized carbons (Fsp3) is 0.938. The lowest BCUT2D eigenvalue weighted by Crippen LogP contribution is -2.36. The average molecular weight is 255 g/mol. The Morgan fingerprint density at radius 3 is 2.17 bits per heavy atom. The van der Waals surface area contributed by atoms with Crippen LogP contribution in [0.4, 0.5) is 0 Å². The monoisotopic (exact) mass is 255 g/mol. The van der Waals surface area contributed by atoms with Gasteiger partial charge in [-0.15, -0.1) is 0 Å². The standard InChI is InChI=1S/C16H33NO/c1-5-7-8-9-11-14(10-6-2)16(18)15(17)12-13(3)4/h13-15H,5-12,17H2,1-4H3/t14?,15-/m0/s1. The zero-order valence-electron chi connectivity index (χ0n) is 12.9. The number of rotatable bonds is 11. The zero-order chi connectivity index (χ0) is 14.0. The minimum Gasteiger partial charge on any atom is -0.321 e. The molecule has 0 saturated heterocycles. The summed E-state index contributed by atoms with van der Waals surface area (Å²) in [5.41, 5.74) is 6.03. The van der Waals surface area contributed by atoms with Crippen LogP contribution in [0, 0.1) is 11.8 Å². The molecular weight excluding hydrogens is 222 g/mol. The lowest BCUT2D eigenvalue weighted by molar-refractivity contribution is -0.125. The molecule has 2 N–H and O–H groups in total. The highest BCUT2D eigenvalue weighted by Crippen LogP contribution is 2.20. The molecule has 0 fully saturated rings. The first-order valence-corrected chi connectivity index (χ1v) is 7.82. The van der Waals surface area contributed by atoms with Gasteiger partial charge in [-0.05, 0) is 25.2 Å². The molecule has 0 bridgehead atoms. The van der Waals surface area contributed by atoms with Crippen LogP contribution in [0.1, 0.15) is 79.1 Å². The topological polar surface area (TPSA) is 43.1 Å². The smallest absolute Gasteiger partial charge is 0.152 e. The molecule has 2 nitrogen and oxygen atoms in total. The first-order valence-electron chi connectivity index (χ1n) is 7.82. The Morgan fingerprint density at radius 2 is 1.67 bits per heavy atom. The van der Waals surface area contributed by atoms with E-state index in [-0.39, 0.29) is 12.0 Å². The average Bonchev–Trinajstić information content (AvgIpc) is 2.31. The second kappa shape index (κ2) is 10.5. The lowest BCUT2D eigenvalue weighted by atomic mass is 9.86. The summed E-state index contributed by atoms with van der Waals surface area (Å²) in [6.45, 7) is 8.62. The predicted molar refractivity (Wildman–Crippen MR) is 79.6 cm³/mol. The van der Waals surface area contributed by atoms with Crippen LogP contribution in [-0.4, -0.2) is 11.8 Å². The second-order valence-corrected chi connectivity index (χ2v) is 5.97. The van der Waals surface area contributed by atoms with Gasteiger partial charge in [-0.1, -0.05) is 59.8 Å². The van der Waals surface area contributed by atoms with Crippen LogP contribution in [0.3, 0.4) is 0 Å². The third kappa shape index (κ3) is 7.86. The van der Waals surface area contributed by atoms with Crippen LogP contribution in [0.25, 0.3) is 0 Å². The molecule has 108 valence electrons. The molecule has 18 heavy (non-hydrogen) atoms. The summed E-state index contributed by atoms with van der Waals surface area (Å²) in [7, 11) is 0. The number of ketones is 1. The van der Waals surface area contributed by atoms with Crippen LogP contribution in [0.15, 0.2) is 0 Å². The van der Waals surface area contributed by atoms with Gasteiger partial charge >= 0.3 is 0 Å². The fourth-order valence-corrected chi connectivity index (χ4v) is 2.52. The highest BCUT2D eigenvalue weighted by Gasteiger charge is 2.23. The minimum atomic E-state index is -0.243. The van der Waals surface area contributed by atoms with Gasteiger partial charge in [-0.2, -0.15) is 0 Å². The van der Waals surface area contributed by atoms with E-state index in [0.717, 1.165) is 25.7 Å². The van der Waals surface area contributed by atoms with Crippen molar-refractivity contribution in [3.05, 3.63) is 0 Å². The van der Waals surface area contributed by atoms with Crippen molar-refractivity contribution in [3.8, 4) is 0 Å². The first-order chi connectivity index (χ1) is 8.52. The number of carbonyl (C=O) groups is 1. The van der Waals surface area contributed by atoms with Gasteiger partial charge in [-0.25, -0.2) is 0 Å². The van der Waals surface area contributed by atoms with E-state index in [4.69, 9.17) is 5.73 Å². The summed E-state index contributed by atoms with van der Waals surface area (Å²) < 4.78 is 0. The molecule has 0 amide bonds. The molecule has 0 aromatic carbocycles. The van der Waals surface area contributed by atoms with Gasteiger partial charge < -0.3 is 5.73 Å². The molecule has 0 heterocycles. The van der Waals surface area contributed by atoms with Crippen molar-refractivity contribution in [3.63, 3.8) is 0 Å². The zero-order valence-corrected chi connectivity index (χ0v) is 12.9. The van der Waals surface area contributed by atoms with E-state index in [9.17, 15) is 4.79 Å². The Bertz CT molecular complexity index is 213. The molecule has 2 heteroatoms. The van der Waals surface area contributed by atoms with Crippen molar-refractivity contribution in [2.45, 2.75) is 85.1 Å². The van der Waals surface area contributed by atoms with Crippen LogP contribution in [0.5, 0.6) is 0 Å². The third-order valence-electron chi connectivity index (χ3n) is 3.54. The summed E-state index contributed by atoms with van der Waals surface area (Å²) >= 11 is 0. The van der Waals surface area contributed by atoms with Crippen molar-refractivity contribution in [2.24, 2.45) is 17.6 Å². The summed E-state index contributed by atoms with van der Waals surface area (Å²) in [6.07, 6.45) is 8.92. The maximum Gasteiger partial charge on any atom is 0.152 e. The van der Waals surface area contributed by atoms with Crippen molar-refractivity contribution in [1.29, 1.82) is 0 Å². The van der Waals surface area contributed by atoms with E-state index in [2.05, 4.69) is 27.7 Å². The van der Waals surface area contributed by atoms with Crippen LogP contribution < -0.4 is 5.73 Å². The highest BCUT2D eigenvalue weighted by atomic mass is 16.1. The maximum absolute atomic E-state index is 12.3. The third-order valence-corrected chi connectivity index (χ3v) is 3.54. The van der Waals surface area contributed by atoms with Crippen LogP contribution >= 0.6 is 0 Å². The van der Waals surface area contributed by atoms with Crippen LogP contribution in [-0.2, 0) is 4.79 Å². The summed E-state index contributed by atoms with van der Waals surface area (Å²) in [4.78, 5) is 12.3. The van der Waals surface area contributed by atoms with E-state index >= 15 is 0 Å². The molecule has 0 radical (unpaired) electrons. The quantitative estimate of drug-likeness (QED) is 0.559. The number of carbonyl (C=O) groups excluding carboxylic acids is 1. The number of Topliss-reactive ketones (excluding diaryl/α,β-unsaturated/α-hetero) is 1. The Kier molecular flexibility index (Phi) is 10.3. The van der Waals surface area contributed by atoms with Crippen LogP contribution in [0.2, 0.25) is 0 Å². The van der Waals surface area contributed by atoms with E-state index in [0.29, 0.717) is 11.7 Å².